The fourth-order valence-corrected chi connectivity index (χ4v) is 2.12. The predicted octanol–water partition coefficient (Wildman–Crippen LogP) is 1.34. The molecule has 1 atom stereocenters. The van der Waals surface area contributed by atoms with Gasteiger partial charge in [0.1, 0.15) is 0 Å². The Morgan fingerprint density at radius 3 is 3.19 bits per heavy atom. The highest BCUT2D eigenvalue weighted by Crippen LogP contribution is 2.10. The van der Waals surface area contributed by atoms with Gasteiger partial charge in [-0.2, -0.15) is 5.10 Å². The number of aromatic nitrogens is 2. The Hall–Kier alpha value is -0.580. The zero-order valence-corrected chi connectivity index (χ0v) is 10.4. The summed E-state index contributed by atoms with van der Waals surface area (Å²) in [4.78, 5) is 2.37. The van der Waals surface area contributed by atoms with Crippen molar-refractivity contribution in [2.75, 3.05) is 25.6 Å². The molecular weight excluding hydrogens is 226 g/mol. The van der Waals surface area contributed by atoms with Gasteiger partial charge in [-0.25, -0.2) is 0 Å². The predicted molar refractivity (Wildman–Crippen MR) is 63.6 cm³/mol. The van der Waals surface area contributed by atoms with Gasteiger partial charge in [-0.3, -0.25) is 9.58 Å². The molecule has 1 saturated heterocycles. The van der Waals surface area contributed by atoms with Crippen LogP contribution in [-0.4, -0.2) is 46.4 Å². The summed E-state index contributed by atoms with van der Waals surface area (Å²) in [6, 6.07) is 0. The van der Waals surface area contributed by atoms with Crippen LogP contribution >= 0.6 is 11.6 Å². The van der Waals surface area contributed by atoms with Crippen LogP contribution in [0.5, 0.6) is 0 Å². The molecule has 1 aromatic rings. The lowest BCUT2D eigenvalue weighted by atomic mass is 10.2. The Labute approximate surface area is 101 Å². The summed E-state index contributed by atoms with van der Waals surface area (Å²) in [5.74, 6) is 0.574. The summed E-state index contributed by atoms with van der Waals surface area (Å²) in [5, 5.41) is 4.27. The van der Waals surface area contributed by atoms with E-state index in [4.69, 9.17) is 16.3 Å². The lowest BCUT2D eigenvalue weighted by Crippen LogP contribution is -2.42. The van der Waals surface area contributed by atoms with Gasteiger partial charge in [0.15, 0.2) is 0 Å². The molecule has 90 valence electrons. The Morgan fingerprint density at radius 1 is 1.62 bits per heavy atom. The minimum Gasteiger partial charge on any atom is -0.374 e. The van der Waals surface area contributed by atoms with E-state index in [-0.39, 0.29) is 6.10 Å². The first kappa shape index (κ1) is 11.9. The van der Waals surface area contributed by atoms with Crippen LogP contribution in [0.4, 0.5) is 0 Å². The number of halogens is 1. The van der Waals surface area contributed by atoms with Crippen molar-refractivity contribution in [1.29, 1.82) is 0 Å². The highest BCUT2D eigenvalue weighted by Gasteiger charge is 2.19. The summed E-state index contributed by atoms with van der Waals surface area (Å²) >= 11 is 5.81. The van der Waals surface area contributed by atoms with Crippen molar-refractivity contribution in [2.24, 2.45) is 0 Å². The zero-order chi connectivity index (χ0) is 11.4. The van der Waals surface area contributed by atoms with E-state index in [1.165, 1.54) is 5.56 Å². The molecule has 16 heavy (non-hydrogen) atoms. The molecule has 0 radical (unpaired) electrons. The number of ether oxygens (including phenoxy) is 1. The quantitative estimate of drug-likeness (QED) is 0.748. The largest absolute Gasteiger partial charge is 0.374 e. The molecule has 1 fully saturated rings. The van der Waals surface area contributed by atoms with Crippen LogP contribution in [0, 0.1) is 0 Å². The van der Waals surface area contributed by atoms with Crippen molar-refractivity contribution >= 4 is 11.6 Å². The molecule has 0 N–H and O–H groups in total. The second-order valence-electron chi connectivity index (χ2n) is 4.09. The average Bonchev–Trinajstić information content (AvgIpc) is 2.77. The number of rotatable bonds is 4. The van der Waals surface area contributed by atoms with E-state index in [1.807, 2.05) is 10.9 Å². The van der Waals surface area contributed by atoms with Crippen LogP contribution in [0.25, 0.3) is 0 Å². The number of aryl methyl sites for hydroxylation is 1. The molecule has 0 spiro atoms. The summed E-state index contributed by atoms with van der Waals surface area (Å²) < 4.78 is 7.48. The normalized spacial score (nSPS) is 22.5. The summed E-state index contributed by atoms with van der Waals surface area (Å²) in [5.41, 5.74) is 1.26. The van der Waals surface area contributed by atoms with Gasteiger partial charge in [-0.1, -0.05) is 0 Å². The van der Waals surface area contributed by atoms with Gasteiger partial charge >= 0.3 is 0 Å². The fourth-order valence-electron chi connectivity index (χ4n) is 1.94. The van der Waals surface area contributed by atoms with E-state index in [0.29, 0.717) is 5.88 Å². The molecule has 2 heterocycles. The molecule has 0 aromatic carbocycles. The van der Waals surface area contributed by atoms with Gasteiger partial charge in [-0.05, 0) is 6.92 Å². The minimum absolute atomic E-state index is 0.177. The van der Waals surface area contributed by atoms with Crippen LogP contribution in [-0.2, 0) is 17.8 Å². The van der Waals surface area contributed by atoms with E-state index in [0.717, 1.165) is 32.8 Å². The number of hydrogen-bond acceptors (Lipinski definition) is 3. The van der Waals surface area contributed by atoms with E-state index >= 15 is 0 Å². The van der Waals surface area contributed by atoms with Crippen LogP contribution in [0.2, 0.25) is 0 Å². The molecule has 1 aromatic heterocycles. The van der Waals surface area contributed by atoms with E-state index in [1.54, 1.807) is 0 Å². The lowest BCUT2D eigenvalue weighted by molar-refractivity contribution is -0.0194. The maximum absolute atomic E-state index is 5.81. The van der Waals surface area contributed by atoms with Crippen molar-refractivity contribution < 1.29 is 4.74 Å². The maximum Gasteiger partial charge on any atom is 0.0837 e. The molecule has 0 bridgehead atoms. The first-order chi connectivity index (χ1) is 7.81. The number of hydrogen-bond donors (Lipinski definition) is 0. The lowest BCUT2D eigenvalue weighted by Gasteiger charge is -2.31. The molecule has 1 aliphatic rings. The molecule has 0 aliphatic carbocycles. The molecule has 1 aliphatic heterocycles. The molecule has 1 unspecified atom stereocenters. The Morgan fingerprint density at radius 2 is 2.50 bits per heavy atom. The molecule has 2 rings (SSSR count). The van der Waals surface area contributed by atoms with E-state index in [2.05, 4.69) is 23.1 Å². The van der Waals surface area contributed by atoms with Crippen molar-refractivity contribution in [1.82, 2.24) is 14.7 Å². The maximum atomic E-state index is 5.81. The third kappa shape index (κ3) is 2.97. The van der Waals surface area contributed by atoms with Crippen molar-refractivity contribution in [3.8, 4) is 0 Å². The first-order valence-electron chi connectivity index (χ1n) is 5.73. The number of alkyl halides is 1. The Kier molecular flexibility index (Phi) is 4.21. The molecular formula is C11H18ClN3O. The van der Waals surface area contributed by atoms with Gasteiger partial charge in [0.05, 0.1) is 18.9 Å². The molecule has 4 nitrogen and oxygen atoms in total. The third-order valence-corrected chi connectivity index (χ3v) is 3.16. The van der Waals surface area contributed by atoms with Crippen LogP contribution in [0.1, 0.15) is 12.5 Å². The second-order valence-corrected chi connectivity index (χ2v) is 4.40. The average molecular weight is 244 g/mol. The fraction of sp³-hybridized carbons (Fsp3) is 0.727. The first-order valence-corrected chi connectivity index (χ1v) is 6.26. The second kappa shape index (κ2) is 5.66. The minimum atomic E-state index is 0.177. The van der Waals surface area contributed by atoms with Gasteiger partial charge < -0.3 is 4.74 Å². The number of nitrogens with zero attached hydrogens (tertiary/aromatic N) is 3. The van der Waals surface area contributed by atoms with Crippen molar-refractivity contribution in [3.05, 3.63) is 18.0 Å². The molecule has 5 heteroatoms. The molecule has 0 saturated carbocycles. The van der Waals surface area contributed by atoms with Crippen LogP contribution in [0.15, 0.2) is 12.4 Å². The van der Waals surface area contributed by atoms with Gasteiger partial charge in [-0.15, -0.1) is 11.6 Å². The van der Waals surface area contributed by atoms with Gasteiger partial charge in [0.2, 0.25) is 0 Å². The topological polar surface area (TPSA) is 30.3 Å². The summed E-state index contributed by atoms with van der Waals surface area (Å²) in [6.45, 7) is 6.63. The van der Waals surface area contributed by atoms with Crippen molar-refractivity contribution in [3.63, 3.8) is 0 Å². The zero-order valence-electron chi connectivity index (χ0n) is 9.60. The van der Waals surface area contributed by atoms with Crippen molar-refractivity contribution in [2.45, 2.75) is 26.1 Å². The SMILES string of the molecule is CCn1cc(CN2CCOC(CCl)C2)cn1. The standard InChI is InChI=1S/C11H18ClN3O/c1-2-15-8-10(6-13-15)7-14-3-4-16-11(5-12)9-14/h6,8,11H,2-5,7,9H2,1H3. The Bertz CT molecular complexity index is 329. The third-order valence-electron chi connectivity index (χ3n) is 2.81. The van der Waals surface area contributed by atoms with E-state index in [9.17, 15) is 0 Å². The highest BCUT2D eigenvalue weighted by molar-refractivity contribution is 6.18. The number of morpholine rings is 1. The molecule has 0 amide bonds. The monoisotopic (exact) mass is 243 g/mol. The Balaban J connectivity index is 1.88. The van der Waals surface area contributed by atoms with Crippen LogP contribution < -0.4 is 0 Å². The van der Waals surface area contributed by atoms with Gasteiger partial charge in [0.25, 0.3) is 0 Å². The van der Waals surface area contributed by atoms with Gasteiger partial charge in [0, 0.05) is 43.8 Å². The summed E-state index contributed by atoms with van der Waals surface area (Å²) in [6.07, 6.45) is 4.22. The van der Waals surface area contributed by atoms with Crippen LogP contribution in [0.3, 0.4) is 0 Å². The summed E-state index contributed by atoms with van der Waals surface area (Å²) in [7, 11) is 0. The smallest absolute Gasteiger partial charge is 0.0837 e. The highest BCUT2D eigenvalue weighted by atomic mass is 35.5. The van der Waals surface area contributed by atoms with E-state index < -0.39 is 0 Å².